The highest BCUT2D eigenvalue weighted by Gasteiger charge is 2.16. The Morgan fingerprint density at radius 2 is 1.96 bits per heavy atom. The maximum Gasteiger partial charge on any atom is 0.224 e. The minimum absolute atomic E-state index is 0.0931. The number of rotatable bonds is 5. The molecule has 3 rings (SSSR count). The maximum atomic E-state index is 13.7. The average Bonchev–Trinajstić information content (AvgIpc) is 2.61. The molecule has 0 radical (unpaired) electrons. The lowest BCUT2D eigenvalue weighted by Gasteiger charge is -2.21. The highest BCUT2D eigenvalue weighted by atomic mass is 19.1. The molecule has 132 valence electrons. The van der Waals surface area contributed by atoms with E-state index < -0.39 is 5.82 Å². The van der Waals surface area contributed by atoms with Gasteiger partial charge in [-0.05, 0) is 42.3 Å². The van der Waals surface area contributed by atoms with Crippen LogP contribution in [-0.2, 0) is 11.2 Å². The number of methoxy groups -OCH3 is 1. The van der Waals surface area contributed by atoms with Crippen molar-refractivity contribution >= 4 is 5.91 Å². The molecule has 0 saturated carbocycles. The molecule has 1 heterocycles. The Morgan fingerprint density at radius 1 is 1.20 bits per heavy atom. The van der Waals surface area contributed by atoms with Crippen LogP contribution in [0.25, 0.3) is 0 Å². The van der Waals surface area contributed by atoms with Crippen LogP contribution in [0.3, 0.4) is 0 Å². The lowest BCUT2D eigenvalue weighted by Crippen LogP contribution is -2.28. The van der Waals surface area contributed by atoms with Crippen molar-refractivity contribution in [3.8, 4) is 17.2 Å². The first-order chi connectivity index (χ1) is 12.1. The van der Waals surface area contributed by atoms with Crippen molar-refractivity contribution in [1.29, 1.82) is 0 Å². The summed E-state index contributed by atoms with van der Waals surface area (Å²) in [5.74, 6) is 0.887. The van der Waals surface area contributed by atoms with Crippen molar-refractivity contribution in [2.45, 2.75) is 19.4 Å². The van der Waals surface area contributed by atoms with Gasteiger partial charge in [0.25, 0.3) is 0 Å². The number of halogens is 1. The molecule has 1 aliphatic rings. The second-order valence-electron chi connectivity index (χ2n) is 5.84. The van der Waals surface area contributed by atoms with Gasteiger partial charge in [0.1, 0.15) is 13.2 Å². The van der Waals surface area contributed by atoms with Crippen LogP contribution >= 0.6 is 0 Å². The van der Waals surface area contributed by atoms with Crippen LogP contribution in [0, 0.1) is 5.82 Å². The summed E-state index contributed by atoms with van der Waals surface area (Å²) < 4.78 is 29.6. The number of fused-ring (bicyclic) bond motifs is 1. The van der Waals surface area contributed by atoms with Gasteiger partial charge in [0, 0.05) is 0 Å². The number of carbonyl (C=O) groups excluding carboxylic acids is 1. The summed E-state index contributed by atoms with van der Waals surface area (Å²) in [6.45, 7) is 2.94. The summed E-state index contributed by atoms with van der Waals surface area (Å²) in [4.78, 5) is 12.2. The smallest absolute Gasteiger partial charge is 0.224 e. The molecular weight excluding hydrogens is 325 g/mol. The van der Waals surface area contributed by atoms with Gasteiger partial charge in [0.2, 0.25) is 5.91 Å². The van der Waals surface area contributed by atoms with E-state index in [1.54, 1.807) is 6.07 Å². The first-order valence-corrected chi connectivity index (χ1v) is 8.08. The number of nitrogens with one attached hydrogen (secondary N) is 1. The van der Waals surface area contributed by atoms with Gasteiger partial charge >= 0.3 is 0 Å². The molecule has 25 heavy (non-hydrogen) atoms. The quantitative estimate of drug-likeness (QED) is 0.905. The molecule has 0 unspecified atom stereocenters. The summed E-state index contributed by atoms with van der Waals surface area (Å²) in [7, 11) is 1.40. The van der Waals surface area contributed by atoms with Gasteiger partial charge in [0.15, 0.2) is 23.1 Å². The number of benzene rings is 2. The number of hydrogen-bond acceptors (Lipinski definition) is 4. The van der Waals surface area contributed by atoms with Gasteiger partial charge in [-0.3, -0.25) is 4.79 Å². The van der Waals surface area contributed by atoms with E-state index in [1.165, 1.54) is 19.2 Å². The van der Waals surface area contributed by atoms with Crippen molar-refractivity contribution in [2.24, 2.45) is 0 Å². The predicted octanol–water partition coefficient (Wildman–Crippen LogP) is 3.03. The fourth-order valence-corrected chi connectivity index (χ4v) is 2.71. The molecule has 1 amide bonds. The Kier molecular flexibility index (Phi) is 5.07. The number of hydrogen-bond donors (Lipinski definition) is 1. The maximum absolute atomic E-state index is 13.7. The van der Waals surface area contributed by atoms with E-state index in [2.05, 4.69) is 5.32 Å². The zero-order valence-corrected chi connectivity index (χ0v) is 14.2. The molecule has 0 aromatic heterocycles. The molecule has 0 bridgehead atoms. The van der Waals surface area contributed by atoms with Gasteiger partial charge in [-0.1, -0.05) is 12.1 Å². The van der Waals surface area contributed by atoms with Crippen LogP contribution < -0.4 is 19.5 Å². The molecule has 0 fully saturated rings. The third-order valence-corrected chi connectivity index (χ3v) is 4.02. The normalized spacial score (nSPS) is 13.9. The number of ether oxygens (including phenoxy) is 3. The Labute approximate surface area is 145 Å². The van der Waals surface area contributed by atoms with Crippen molar-refractivity contribution in [3.63, 3.8) is 0 Å². The topological polar surface area (TPSA) is 56.8 Å². The fourth-order valence-electron chi connectivity index (χ4n) is 2.71. The van der Waals surface area contributed by atoms with E-state index in [9.17, 15) is 9.18 Å². The standard InChI is InChI=1S/C19H20FNO4/c1-12(14-4-6-17-18(11-14)25-8-7-24-17)21-19(22)10-13-3-5-16(23-2)15(20)9-13/h3-6,9,11-12H,7-8,10H2,1-2H3,(H,21,22)/t12-/m1/s1. The summed E-state index contributed by atoms with van der Waals surface area (Å²) in [5, 5.41) is 2.91. The van der Waals surface area contributed by atoms with E-state index in [0.29, 0.717) is 30.3 Å². The minimum atomic E-state index is -0.479. The Morgan fingerprint density at radius 3 is 2.68 bits per heavy atom. The molecule has 6 heteroatoms. The third kappa shape index (κ3) is 4.02. The average molecular weight is 345 g/mol. The van der Waals surface area contributed by atoms with Gasteiger partial charge in [-0.2, -0.15) is 0 Å². The first-order valence-electron chi connectivity index (χ1n) is 8.08. The van der Waals surface area contributed by atoms with E-state index in [-0.39, 0.29) is 24.1 Å². The van der Waals surface area contributed by atoms with Crippen LogP contribution in [0.5, 0.6) is 17.2 Å². The largest absolute Gasteiger partial charge is 0.494 e. The zero-order valence-electron chi connectivity index (χ0n) is 14.2. The van der Waals surface area contributed by atoms with Gasteiger partial charge in [-0.15, -0.1) is 0 Å². The Hall–Kier alpha value is -2.76. The van der Waals surface area contributed by atoms with E-state index in [0.717, 1.165) is 5.56 Å². The number of carbonyl (C=O) groups is 1. The lowest BCUT2D eigenvalue weighted by atomic mass is 10.1. The van der Waals surface area contributed by atoms with Crippen LogP contribution in [0.1, 0.15) is 24.1 Å². The molecule has 0 aliphatic carbocycles. The van der Waals surface area contributed by atoms with Crippen LogP contribution in [0.4, 0.5) is 4.39 Å². The van der Waals surface area contributed by atoms with Crippen molar-refractivity contribution < 1.29 is 23.4 Å². The lowest BCUT2D eigenvalue weighted by molar-refractivity contribution is -0.121. The molecule has 0 saturated heterocycles. The summed E-state index contributed by atoms with van der Waals surface area (Å²) in [6, 6.07) is 9.90. The first kappa shape index (κ1) is 17.1. The molecule has 0 spiro atoms. The molecule has 1 N–H and O–H groups in total. The zero-order chi connectivity index (χ0) is 17.8. The van der Waals surface area contributed by atoms with Crippen LogP contribution in [0.15, 0.2) is 36.4 Å². The van der Waals surface area contributed by atoms with Crippen LogP contribution in [-0.4, -0.2) is 26.2 Å². The highest BCUT2D eigenvalue weighted by Crippen LogP contribution is 2.32. The second kappa shape index (κ2) is 7.42. The van der Waals surface area contributed by atoms with Crippen molar-refractivity contribution in [1.82, 2.24) is 5.32 Å². The second-order valence-corrected chi connectivity index (χ2v) is 5.84. The summed E-state index contributed by atoms with van der Waals surface area (Å²) >= 11 is 0. The monoisotopic (exact) mass is 345 g/mol. The van der Waals surface area contributed by atoms with Gasteiger partial charge in [0.05, 0.1) is 19.6 Å². The van der Waals surface area contributed by atoms with Crippen molar-refractivity contribution in [3.05, 3.63) is 53.3 Å². The predicted molar refractivity (Wildman–Crippen MR) is 90.6 cm³/mol. The molecule has 5 nitrogen and oxygen atoms in total. The Bertz CT molecular complexity index is 778. The van der Waals surface area contributed by atoms with E-state index in [1.807, 2.05) is 25.1 Å². The van der Waals surface area contributed by atoms with Gasteiger partial charge < -0.3 is 19.5 Å². The van der Waals surface area contributed by atoms with Crippen LogP contribution in [0.2, 0.25) is 0 Å². The highest BCUT2D eigenvalue weighted by molar-refractivity contribution is 5.79. The molecule has 2 aromatic rings. The Balaban J connectivity index is 1.63. The molecule has 1 atom stereocenters. The van der Waals surface area contributed by atoms with Crippen molar-refractivity contribution in [2.75, 3.05) is 20.3 Å². The third-order valence-electron chi connectivity index (χ3n) is 4.02. The summed E-state index contributed by atoms with van der Waals surface area (Å²) in [6.07, 6.45) is 0.0931. The molecule has 2 aromatic carbocycles. The minimum Gasteiger partial charge on any atom is -0.494 e. The number of amides is 1. The summed E-state index contributed by atoms with van der Waals surface area (Å²) in [5.41, 5.74) is 1.50. The fraction of sp³-hybridized carbons (Fsp3) is 0.316. The SMILES string of the molecule is COc1ccc(CC(=O)N[C@H](C)c2ccc3c(c2)OCCO3)cc1F. The van der Waals surface area contributed by atoms with E-state index in [4.69, 9.17) is 14.2 Å². The van der Waals surface area contributed by atoms with E-state index >= 15 is 0 Å². The molecular formula is C19H20FNO4. The molecule has 1 aliphatic heterocycles. The van der Waals surface area contributed by atoms with Gasteiger partial charge in [-0.25, -0.2) is 4.39 Å².